The molecule has 2 aromatic rings. The molecule has 0 saturated carbocycles. The number of hydrogen-bond acceptors (Lipinski definition) is 4. The molecule has 1 aromatic carbocycles. The van der Waals surface area contributed by atoms with Crippen LogP contribution in [0.4, 0.5) is 5.69 Å². The van der Waals surface area contributed by atoms with E-state index in [9.17, 15) is 4.79 Å². The van der Waals surface area contributed by atoms with Crippen molar-refractivity contribution in [3.63, 3.8) is 0 Å². The van der Waals surface area contributed by atoms with E-state index in [2.05, 4.69) is 33.5 Å². The van der Waals surface area contributed by atoms with Gasteiger partial charge in [-0.2, -0.15) is 0 Å². The number of hydrogen-bond donors (Lipinski definition) is 3. The molecule has 3 N–H and O–H groups in total. The number of nitrogen functional groups attached to an aromatic ring is 1. The third-order valence-corrected chi connectivity index (χ3v) is 4.52. The highest BCUT2D eigenvalue weighted by Crippen LogP contribution is 2.26. The number of nitrogens with one attached hydrogen (secondary N) is 1. The van der Waals surface area contributed by atoms with Crippen molar-refractivity contribution in [1.29, 1.82) is 0 Å². The first-order valence-electron chi connectivity index (χ1n) is 6.97. The highest BCUT2D eigenvalue weighted by Gasteiger charge is 2.15. The summed E-state index contributed by atoms with van der Waals surface area (Å²) in [4.78, 5) is 14.5. The van der Waals surface area contributed by atoms with Crippen LogP contribution in [0.3, 0.4) is 0 Å². The lowest BCUT2D eigenvalue weighted by Crippen LogP contribution is -2.16. The third-order valence-electron chi connectivity index (χ3n) is 3.39. The number of aromatic amines is 1. The zero-order valence-corrected chi connectivity index (χ0v) is 14.9. The topological polar surface area (TPSA) is 68.1 Å². The molecule has 2 rings (SSSR count). The molecule has 4 nitrogen and oxygen atoms in total. The van der Waals surface area contributed by atoms with E-state index in [-0.39, 0.29) is 17.8 Å². The highest BCUT2D eigenvalue weighted by molar-refractivity contribution is 9.10. The summed E-state index contributed by atoms with van der Waals surface area (Å²) in [5.41, 5.74) is 8.31. The van der Waals surface area contributed by atoms with Crippen LogP contribution in [0, 0.1) is 0 Å². The van der Waals surface area contributed by atoms with Gasteiger partial charge in [-0.25, -0.2) is 0 Å². The summed E-state index contributed by atoms with van der Waals surface area (Å²) in [6, 6.07) is 7.22. The zero-order valence-electron chi connectivity index (χ0n) is 12.5. The van der Waals surface area contributed by atoms with Gasteiger partial charge in [-0.05, 0) is 38.0 Å². The maximum atomic E-state index is 11.2. The van der Waals surface area contributed by atoms with Gasteiger partial charge >= 0.3 is 0 Å². The molecule has 0 spiro atoms. The van der Waals surface area contributed by atoms with Crippen molar-refractivity contribution in [1.82, 2.24) is 4.98 Å². The summed E-state index contributed by atoms with van der Waals surface area (Å²) in [6.45, 7) is 3.96. The van der Waals surface area contributed by atoms with Crippen LogP contribution in [0.5, 0.6) is 0 Å². The summed E-state index contributed by atoms with van der Waals surface area (Å²) in [5, 5.41) is 0. The van der Waals surface area contributed by atoms with E-state index in [1.807, 2.05) is 32.0 Å². The monoisotopic (exact) mass is 382 g/mol. The zero-order chi connectivity index (χ0) is 16.3. The summed E-state index contributed by atoms with van der Waals surface area (Å²) >= 11 is 7.85. The molecule has 0 fully saturated rings. The third kappa shape index (κ3) is 4.38. The van der Waals surface area contributed by atoms with Crippen LogP contribution in [-0.4, -0.2) is 11.1 Å². The van der Waals surface area contributed by atoms with Gasteiger partial charge in [0.1, 0.15) is 0 Å². The number of rotatable bonds is 5. The van der Waals surface area contributed by atoms with Crippen LogP contribution in [0.15, 0.2) is 44.6 Å². The van der Waals surface area contributed by atoms with E-state index in [0.717, 1.165) is 27.7 Å². The second-order valence-corrected chi connectivity index (χ2v) is 6.62. The predicted octanol–water partition coefficient (Wildman–Crippen LogP) is 3.72. The van der Waals surface area contributed by atoms with E-state index in [1.165, 1.54) is 6.07 Å². The van der Waals surface area contributed by atoms with Crippen molar-refractivity contribution in [3.05, 3.63) is 56.4 Å². The second-order valence-electron chi connectivity index (χ2n) is 5.28. The van der Waals surface area contributed by atoms with Crippen molar-refractivity contribution < 1.29 is 4.74 Å². The number of thiol groups is 1. The first-order chi connectivity index (χ1) is 10.4. The Balaban J connectivity index is 2.04. The number of halogens is 1. The minimum atomic E-state index is -0.167. The quantitative estimate of drug-likeness (QED) is 0.545. The first-order valence-corrected chi connectivity index (χ1v) is 8.21. The summed E-state index contributed by atoms with van der Waals surface area (Å²) in [5.74, 6) is 0. The molecule has 0 aliphatic carbocycles. The molecule has 1 aromatic heterocycles. The van der Waals surface area contributed by atoms with Gasteiger partial charge in [-0.15, -0.1) is 12.6 Å². The molecule has 2 atom stereocenters. The second kappa shape index (κ2) is 7.35. The minimum absolute atomic E-state index is 0.00888. The molecule has 0 radical (unpaired) electrons. The Kier molecular flexibility index (Phi) is 5.72. The fourth-order valence-corrected chi connectivity index (χ4v) is 3.23. The van der Waals surface area contributed by atoms with Crippen molar-refractivity contribution >= 4 is 34.2 Å². The predicted molar refractivity (Wildman–Crippen MR) is 95.5 cm³/mol. The molecule has 0 bridgehead atoms. The lowest BCUT2D eigenvalue weighted by molar-refractivity contribution is 0.00607. The molecule has 1 heterocycles. The van der Waals surface area contributed by atoms with E-state index in [4.69, 9.17) is 10.5 Å². The Labute approximate surface area is 143 Å². The number of anilines is 1. The van der Waals surface area contributed by atoms with E-state index in [1.54, 1.807) is 6.20 Å². The van der Waals surface area contributed by atoms with E-state index in [0.29, 0.717) is 4.90 Å². The van der Waals surface area contributed by atoms with Crippen LogP contribution in [0.25, 0.3) is 0 Å². The Morgan fingerprint density at radius 2 is 2.09 bits per heavy atom. The first kappa shape index (κ1) is 17.1. The standard InChI is InChI=1S/C16H19BrN2O2S/c1-9(5-11-3-4-12(18)6-14(11)17)21-10(2)13-8-19-16(20)7-15(13)22/h3-4,6-10H,5,18H2,1-2H3,(H2,19,20,22). The number of benzene rings is 1. The van der Waals surface area contributed by atoms with Gasteiger partial charge < -0.3 is 15.5 Å². The molecule has 0 aliphatic heterocycles. The molecular formula is C16H19BrN2O2S. The molecule has 22 heavy (non-hydrogen) atoms. The largest absolute Gasteiger partial charge is 0.399 e. The number of aromatic nitrogens is 1. The molecular weight excluding hydrogens is 364 g/mol. The van der Waals surface area contributed by atoms with Crippen LogP contribution in [0.2, 0.25) is 0 Å². The van der Waals surface area contributed by atoms with Gasteiger partial charge in [-0.3, -0.25) is 4.79 Å². The number of nitrogens with two attached hydrogens (primary N) is 1. The molecule has 2 unspecified atom stereocenters. The Morgan fingerprint density at radius 1 is 1.36 bits per heavy atom. The fourth-order valence-electron chi connectivity index (χ4n) is 2.31. The summed E-state index contributed by atoms with van der Waals surface area (Å²) in [7, 11) is 0. The average Bonchev–Trinajstić information content (AvgIpc) is 2.41. The Morgan fingerprint density at radius 3 is 2.73 bits per heavy atom. The molecule has 0 amide bonds. The van der Waals surface area contributed by atoms with Gasteiger partial charge in [0, 0.05) is 32.9 Å². The maximum Gasteiger partial charge on any atom is 0.249 e. The van der Waals surface area contributed by atoms with Gasteiger partial charge in [-0.1, -0.05) is 22.0 Å². The molecule has 118 valence electrons. The van der Waals surface area contributed by atoms with Gasteiger partial charge in [0.05, 0.1) is 12.2 Å². The van der Waals surface area contributed by atoms with Crippen molar-refractivity contribution in [3.8, 4) is 0 Å². The Bertz CT molecular complexity index is 718. The minimum Gasteiger partial charge on any atom is -0.399 e. The number of ether oxygens (including phenoxy) is 1. The molecule has 0 saturated heterocycles. The average molecular weight is 383 g/mol. The lowest BCUT2D eigenvalue weighted by Gasteiger charge is -2.21. The fraction of sp³-hybridized carbons (Fsp3) is 0.312. The van der Waals surface area contributed by atoms with E-state index < -0.39 is 0 Å². The van der Waals surface area contributed by atoms with Crippen LogP contribution >= 0.6 is 28.6 Å². The van der Waals surface area contributed by atoms with Crippen molar-refractivity contribution in [2.24, 2.45) is 0 Å². The number of H-pyrrole nitrogens is 1. The lowest BCUT2D eigenvalue weighted by atomic mass is 10.1. The van der Waals surface area contributed by atoms with Gasteiger partial charge in [0.2, 0.25) is 5.56 Å². The van der Waals surface area contributed by atoms with Crippen LogP contribution < -0.4 is 11.3 Å². The SMILES string of the molecule is CC(Cc1ccc(N)cc1Br)OC(C)c1c[nH]c(=O)cc1S. The van der Waals surface area contributed by atoms with Gasteiger partial charge in [0.15, 0.2) is 0 Å². The van der Waals surface area contributed by atoms with Crippen LogP contribution in [-0.2, 0) is 11.2 Å². The summed E-state index contributed by atoms with van der Waals surface area (Å²) < 4.78 is 7.00. The van der Waals surface area contributed by atoms with Crippen LogP contribution in [0.1, 0.15) is 31.1 Å². The molecule has 0 aliphatic rings. The maximum absolute atomic E-state index is 11.2. The highest BCUT2D eigenvalue weighted by atomic mass is 79.9. The normalized spacial score (nSPS) is 13.8. The number of pyridine rings is 1. The van der Waals surface area contributed by atoms with Crippen molar-refractivity contribution in [2.75, 3.05) is 5.73 Å². The Hall–Kier alpha value is -1.24. The smallest absolute Gasteiger partial charge is 0.249 e. The van der Waals surface area contributed by atoms with E-state index >= 15 is 0 Å². The van der Waals surface area contributed by atoms with Gasteiger partial charge in [0.25, 0.3) is 0 Å². The van der Waals surface area contributed by atoms with Crippen molar-refractivity contribution in [2.45, 2.75) is 37.4 Å². The summed E-state index contributed by atoms with van der Waals surface area (Å²) in [6.07, 6.45) is 2.26. The molecule has 6 heteroatoms.